The molecule has 6 nitrogen and oxygen atoms in total. The number of benzene rings is 1. The Bertz CT molecular complexity index is 1020. The van der Waals surface area contributed by atoms with Crippen LogP contribution in [0.1, 0.15) is 36.6 Å². The number of aliphatic imine (C=N–C) groups is 1. The summed E-state index contributed by atoms with van der Waals surface area (Å²) in [4.78, 5) is 7.45. The first-order valence-corrected chi connectivity index (χ1v) is 9.85. The summed E-state index contributed by atoms with van der Waals surface area (Å²) in [7, 11) is 0. The van der Waals surface area contributed by atoms with Crippen molar-refractivity contribution in [3.05, 3.63) is 77.0 Å². The highest BCUT2D eigenvalue weighted by Gasteiger charge is 2.36. The minimum Gasteiger partial charge on any atom is -0.505 e. The Labute approximate surface area is 184 Å². The van der Waals surface area contributed by atoms with E-state index in [-0.39, 0.29) is 23.4 Å². The molecule has 2 aromatic rings. The van der Waals surface area contributed by atoms with E-state index in [9.17, 15) is 18.3 Å². The molecule has 0 aliphatic heterocycles. The second-order valence-corrected chi connectivity index (χ2v) is 7.05. The van der Waals surface area contributed by atoms with Gasteiger partial charge in [0.1, 0.15) is 11.5 Å². The number of nitrogens with two attached hydrogens (primary N) is 1. The predicted octanol–water partition coefficient (Wildman–Crippen LogP) is 5.17. The first-order chi connectivity index (χ1) is 15.1. The summed E-state index contributed by atoms with van der Waals surface area (Å²) < 4.78 is 40.9. The molecule has 0 bridgehead atoms. The third kappa shape index (κ3) is 5.82. The Morgan fingerprint density at radius 1 is 1.28 bits per heavy atom. The second-order valence-electron chi connectivity index (χ2n) is 7.05. The molecule has 0 amide bonds. The molecule has 9 heteroatoms. The molecule has 32 heavy (non-hydrogen) atoms. The van der Waals surface area contributed by atoms with E-state index in [4.69, 9.17) is 11.1 Å². The Kier molecular flexibility index (Phi) is 8.31. The summed E-state index contributed by atoms with van der Waals surface area (Å²) in [5.41, 5.74) is 4.84. The summed E-state index contributed by atoms with van der Waals surface area (Å²) >= 11 is 0. The van der Waals surface area contributed by atoms with Crippen molar-refractivity contribution in [3.63, 3.8) is 0 Å². The van der Waals surface area contributed by atoms with Crippen LogP contribution in [0.3, 0.4) is 0 Å². The van der Waals surface area contributed by atoms with E-state index in [0.29, 0.717) is 6.54 Å². The highest BCUT2D eigenvalue weighted by atomic mass is 19.4. The first-order valence-electron chi connectivity index (χ1n) is 9.85. The highest BCUT2D eigenvalue weighted by molar-refractivity contribution is 6.06. The fraction of sp³-hybridized carbons (Fsp3) is 0.261. The summed E-state index contributed by atoms with van der Waals surface area (Å²) in [6.45, 7) is 6.96. The molecule has 0 aliphatic rings. The largest absolute Gasteiger partial charge is 0.505 e. The molecule has 170 valence electrons. The number of rotatable bonds is 8. The number of hydrogen-bond acceptors (Lipinski definition) is 5. The number of nitrogens with zero attached hydrogens (tertiary/aromatic N) is 2. The van der Waals surface area contributed by atoms with Gasteiger partial charge in [-0.25, -0.2) is 9.98 Å². The van der Waals surface area contributed by atoms with Crippen molar-refractivity contribution in [2.75, 3.05) is 11.9 Å². The summed E-state index contributed by atoms with van der Waals surface area (Å²) in [6.07, 6.45) is -2.03. The van der Waals surface area contributed by atoms with Gasteiger partial charge >= 0.3 is 6.18 Å². The normalized spacial score (nSPS) is 14.6. The predicted molar refractivity (Wildman–Crippen MR) is 122 cm³/mol. The van der Waals surface area contributed by atoms with Crippen LogP contribution in [-0.2, 0) is 6.18 Å². The van der Waals surface area contributed by atoms with Gasteiger partial charge in [0.25, 0.3) is 0 Å². The van der Waals surface area contributed by atoms with Gasteiger partial charge < -0.3 is 16.2 Å². The molecular weight excluding hydrogens is 419 g/mol. The van der Waals surface area contributed by atoms with Crippen molar-refractivity contribution in [1.29, 1.82) is 5.41 Å². The zero-order valence-electron chi connectivity index (χ0n) is 17.8. The van der Waals surface area contributed by atoms with Gasteiger partial charge in [0.2, 0.25) is 0 Å². The van der Waals surface area contributed by atoms with Crippen molar-refractivity contribution in [3.8, 4) is 0 Å². The number of aliphatic hydroxyl groups is 1. The molecule has 1 aromatic heterocycles. The molecule has 0 fully saturated rings. The molecule has 1 aromatic carbocycles. The molecule has 2 atom stereocenters. The number of hydrogen-bond donors (Lipinski definition) is 4. The monoisotopic (exact) mass is 445 g/mol. The summed E-state index contributed by atoms with van der Waals surface area (Å²) in [6, 6.07) is 11.3. The van der Waals surface area contributed by atoms with Gasteiger partial charge in [0, 0.05) is 18.5 Å². The van der Waals surface area contributed by atoms with Crippen LogP contribution in [-0.4, -0.2) is 35.2 Å². The van der Waals surface area contributed by atoms with Gasteiger partial charge in [0.05, 0.1) is 11.1 Å². The number of aromatic nitrogens is 1. The lowest BCUT2D eigenvalue weighted by Gasteiger charge is -2.25. The molecule has 0 spiro atoms. The van der Waals surface area contributed by atoms with Crippen molar-refractivity contribution < 1.29 is 18.3 Å². The maximum Gasteiger partial charge on any atom is 0.418 e. The molecule has 0 aliphatic carbocycles. The number of anilines is 1. The Morgan fingerprint density at radius 2 is 1.94 bits per heavy atom. The lowest BCUT2D eigenvalue weighted by molar-refractivity contribution is -0.138. The van der Waals surface area contributed by atoms with Crippen LogP contribution in [0.4, 0.5) is 19.0 Å². The molecule has 2 unspecified atom stereocenters. The van der Waals surface area contributed by atoms with Gasteiger partial charge in [-0.05, 0) is 38.3 Å². The third-order valence-corrected chi connectivity index (χ3v) is 4.89. The molecule has 1 heterocycles. The number of alkyl halides is 3. The second kappa shape index (κ2) is 10.7. The first kappa shape index (κ1) is 24.8. The van der Waals surface area contributed by atoms with Crippen molar-refractivity contribution >= 4 is 24.1 Å². The molecule has 0 saturated carbocycles. The van der Waals surface area contributed by atoms with Crippen LogP contribution in [0.25, 0.3) is 5.76 Å². The van der Waals surface area contributed by atoms with Crippen LogP contribution >= 0.6 is 0 Å². The Morgan fingerprint density at radius 3 is 2.47 bits per heavy atom. The van der Waals surface area contributed by atoms with E-state index in [2.05, 4.69) is 22.0 Å². The summed E-state index contributed by atoms with van der Waals surface area (Å²) in [5.74, 6) is -1.29. The fourth-order valence-electron chi connectivity index (χ4n) is 3.26. The van der Waals surface area contributed by atoms with Gasteiger partial charge in [-0.2, -0.15) is 13.2 Å². The zero-order chi connectivity index (χ0) is 23.9. The van der Waals surface area contributed by atoms with Crippen molar-refractivity contribution in [2.24, 2.45) is 10.7 Å². The average Bonchev–Trinajstić information content (AvgIpc) is 2.77. The molecule has 0 saturated heterocycles. The van der Waals surface area contributed by atoms with Gasteiger partial charge in [0.15, 0.2) is 11.6 Å². The van der Waals surface area contributed by atoms with Crippen LogP contribution in [0.5, 0.6) is 0 Å². The van der Waals surface area contributed by atoms with Crippen LogP contribution in [0.2, 0.25) is 0 Å². The number of pyridine rings is 1. The standard InChI is InChI=1S/C23H26F3N5O/c1-4-8-16(22(28)29-3)21(32)20-18(23(24,25)26)11-12-19(31-20)30-14(2)17(13-27)15-9-6-5-7-10-15/h4-12,14,17,28,32H,3,13,27H2,1-2H3,(H,30,31)/b8-4-,21-16?,28-22?. The smallest absolute Gasteiger partial charge is 0.418 e. The number of allylic oxidation sites excluding steroid dienone is 1. The van der Waals surface area contributed by atoms with Crippen LogP contribution in [0.15, 0.2) is 65.2 Å². The zero-order valence-corrected chi connectivity index (χ0v) is 17.8. The minimum atomic E-state index is -4.77. The van der Waals surface area contributed by atoms with E-state index in [0.717, 1.165) is 11.6 Å². The van der Waals surface area contributed by atoms with Gasteiger partial charge in [-0.1, -0.05) is 42.5 Å². The Hall–Kier alpha value is -3.46. The molecule has 0 radical (unpaired) electrons. The van der Waals surface area contributed by atoms with Gasteiger partial charge in [-0.3, -0.25) is 5.41 Å². The molecular formula is C23H26F3N5O. The van der Waals surface area contributed by atoms with Gasteiger partial charge in [-0.15, -0.1) is 0 Å². The van der Waals surface area contributed by atoms with Crippen LogP contribution < -0.4 is 11.1 Å². The van der Waals surface area contributed by atoms with E-state index >= 15 is 0 Å². The van der Waals surface area contributed by atoms with Crippen molar-refractivity contribution in [1.82, 2.24) is 4.98 Å². The molecule has 2 rings (SSSR count). The Balaban J connectivity index is 2.54. The lowest BCUT2D eigenvalue weighted by Crippen LogP contribution is -2.30. The van der Waals surface area contributed by atoms with E-state index in [1.54, 1.807) is 6.92 Å². The van der Waals surface area contributed by atoms with Crippen LogP contribution in [0, 0.1) is 5.41 Å². The number of nitrogens with one attached hydrogen (secondary N) is 2. The number of amidine groups is 1. The SMILES string of the molecule is C=NC(=N)C(/C=C\C)=C(O)c1nc(NC(C)C(CN)c2ccccc2)ccc1C(F)(F)F. The maximum absolute atomic E-state index is 13.6. The average molecular weight is 445 g/mol. The lowest BCUT2D eigenvalue weighted by atomic mass is 9.92. The number of aliphatic hydroxyl groups excluding tert-OH is 1. The van der Waals surface area contributed by atoms with Crippen molar-refractivity contribution in [2.45, 2.75) is 32.0 Å². The van der Waals surface area contributed by atoms with E-state index in [1.165, 1.54) is 18.2 Å². The highest BCUT2D eigenvalue weighted by Crippen LogP contribution is 2.35. The summed E-state index contributed by atoms with van der Waals surface area (Å²) in [5, 5.41) is 21.5. The molecule has 5 N–H and O–H groups in total. The van der Waals surface area contributed by atoms with E-state index < -0.39 is 29.0 Å². The maximum atomic E-state index is 13.6. The van der Waals surface area contributed by atoms with E-state index in [1.807, 2.05) is 37.3 Å². The number of halogens is 3. The topological polar surface area (TPSA) is 107 Å². The minimum absolute atomic E-state index is 0.121. The third-order valence-electron chi connectivity index (χ3n) is 4.89. The fourth-order valence-corrected chi connectivity index (χ4v) is 3.26. The quantitative estimate of drug-likeness (QED) is 0.195.